The highest BCUT2D eigenvalue weighted by atomic mass is 16.2. The molecule has 1 aliphatic rings. The first-order chi connectivity index (χ1) is 7.58. The molecule has 3 nitrogen and oxygen atoms in total. The number of carbonyl (C=O) groups is 1. The first-order valence-corrected chi connectivity index (χ1v) is 6.52. The summed E-state index contributed by atoms with van der Waals surface area (Å²) in [5.74, 6) is 0.424. The van der Waals surface area contributed by atoms with Crippen molar-refractivity contribution < 1.29 is 4.79 Å². The summed E-state index contributed by atoms with van der Waals surface area (Å²) >= 11 is 0. The SMILES string of the molecule is CCC1(CC)CCN(C(=O)C(C)CNC)C1. The van der Waals surface area contributed by atoms with Crippen molar-refractivity contribution >= 4 is 5.91 Å². The van der Waals surface area contributed by atoms with Crippen molar-refractivity contribution in [2.45, 2.75) is 40.0 Å². The minimum absolute atomic E-state index is 0.106. The van der Waals surface area contributed by atoms with Crippen LogP contribution in [-0.4, -0.2) is 37.5 Å². The minimum atomic E-state index is 0.106. The summed E-state index contributed by atoms with van der Waals surface area (Å²) < 4.78 is 0. The fraction of sp³-hybridized carbons (Fsp3) is 0.923. The fourth-order valence-corrected chi connectivity index (χ4v) is 2.66. The van der Waals surface area contributed by atoms with Crippen LogP contribution in [0.4, 0.5) is 0 Å². The third-order valence-corrected chi connectivity index (χ3v) is 4.18. The van der Waals surface area contributed by atoms with E-state index in [4.69, 9.17) is 0 Å². The zero-order valence-corrected chi connectivity index (χ0v) is 11.2. The molecule has 1 amide bonds. The Morgan fingerprint density at radius 3 is 2.50 bits per heavy atom. The summed E-state index contributed by atoms with van der Waals surface area (Å²) in [5, 5.41) is 3.07. The molecule has 1 aliphatic heterocycles. The number of nitrogens with zero attached hydrogens (tertiary/aromatic N) is 1. The van der Waals surface area contributed by atoms with Crippen LogP contribution in [-0.2, 0) is 4.79 Å². The van der Waals surface area contributed by atoms with Crippen molar-refractivity contribution in [2.24, 2.45) is 11.3 Å². The van der Waals surface area contributed by atoms with Gasteiger partial charge in [0.1, 0.15) is 0 Å². The largest absolute Gasteiger partial charge is 0.342 e. The maximum atomic E-state index is 12.1. The molecule has 0 radical (unpaired) electrons. The number of likely N-dealkylation sites (tertiary alicyclic amines) is 1. The van der Waals surface area contributed by atoms with Crippen LogP contribution in [0, 0.1) is 11.3 Å². The van der Waals surface area contributed by atoms with Crippen molar-refractivity contribution in [3.8, 4) is 0 Å². The van der Waals surface area contributed by atoms with E-state index in [1.165, 1.54) is 19.3 Å². The van der Waals surface area contributed by atoms with Crippen LogP contribution in [0.15, 0.2) is 0 Å². The number of hydrogen-bond acceptors (Lipinski definition) is 2. The molecule has 3 heteroatoms. The van der Waals surface area contributed by atoms with Gasteiger partial charge in [0.05, 0.1) is 0 Å². The lowest BCUT2D eigenvalue weighted by Gasteiger charge is -2.27. The summed E-state index contributed by atoms with van der Waals surface area (Å²) in [6.45, 7) is 9.20. The Morgan fingerprint density at radius 2 is 2.06 bits per heavy atom. The molecule has 1 N–H and O–H groups in total. The van der Waals surface area contributed by atoms with Gasteiger partial charge in [0.2, 0.25) is 5.91 Å². The molecule has 1 saturated heterocycles. The van der Waals surface area contributed by atoms with E-state index in [0.29, 0.717) is 11.3 Å². The maximum Gasteiger partial charge on any atom is 0.226 e. The fourth-order valence-electron chi connectivity index (χ4n) is 2.66. The first-order valence-electron chi connectivity index (χ1n) is 6.52. The molecular weight excluding hydrogens is 200 g/mol. The molecule has 0 bridgehead atoms. The average molecular weight is 226 g/mol. The summed E-state index contributed by atoms with van der Waals surface area (Å²) in [4.78, 5) is 14.2. The van der Waals surface area contributed by atoms with Gasteiger partial charge in [-0.2, -0.15) is 0 Å². The second-order valence-corrected chi connectivity index (χ2v) is 5.18. The Balaban J connectivity index is 2.55. The van der Waals surface area contributed by atoms with E-state index >= 15 is 0 Å². The van der Waals surface area contributed by atoms with E-state index in [2.05, 4.69) is 24.1 Å². The van der Waals surface area contributed by atoms with Gasteiger partial charge in [-0.05, 0) is 31.7 Å². The second-order valence-electron chi connectivity index (χ2n) is 5.18. The molecule has 1 fully saturated rings. The van der Waals surface area contributed by atoms with Crippen molar-refractivity contribution in [1.82, 2.24) is 10.2 Å². The van der Waals surface area contributed by atoms with Crippen molar-refractivity contribution in [3.63, 3.8) is 0 Å². The zero-order valence-electron chi connectivity index (χ0n) is 11.2. The van der Waals surface area contributed by atoms with Gasteiger partial charge < -0.3 is 10.2 Å². The molecule has 0 aromatic carbocycles. The Hall–Kier alpha value is -0.570. The summed E-state index contributed by atoms with van der Waals surface area (Å²) in [7, 11) is 1.90. The topological polar surface area (TPSA) is 32.3 Å². The van der Waals surface area contributed by atoms with Gasteiger partial charge in [-0.3, -0.25) is 4.79 Å². The van der Waals surface area contributed by atoms with E-state index in [0.717, 1.165) is 19.6 Å². The van der Waals surface area contributed by atoms with Gasteiger partial charge in [-0.25, -0.2) is 0 Å². The number of rotatable bonds is 5. The summed E-state index contributed by atoms with van der Waals surface area (Å²) in [6.07, 6.45) is 3.55. The van der Waals surface area contributed by atoms with Crippen molar-refractivity contribution in [2.75, 3.05) is 26.7 Å². The Morgan fingerprint density at radius 1 is 1.44 bits per heavy atom. The molecule has 1 heterocycles. The van der Waals surface area contributed by atoms with Crippen LogP contribution in [0.2, 0.25) is 0 Å². The molecule has 0 saturated carbocycles. The molecule has 0 aliphatic carbocycles. The van der Waals surface area contributed by atoms with E-state index in [9.17, 15) is 4.79 Å². The van der Waals surface area contributed by atoms with Crippen LogP contribution in [0.3, 0.4) is 0 Å². The molecule has 0 aromatic rings. The summed E-state index contributed by atoms with van der Waals surface area (Å²) in [6, 6.07) is 0. The van der Waals surface area contributed by atoms with Gasteiger partial charge in [-0.15, -0.1) is 0 Å². The minimum Gasteiger partial charge on any atom is -0.342 e. The van der Waals surface area contributed by atoms with Gasteiger partial charge in [0.25, 0.3) is 0 Å². The lowest BCUT2D eigenvalue weighted by atomic mass is 9.82. The van der Waals surface area contributed by atoms with Crippen molar-refractivity contribution in [1.29, 1.82) is 0 Å². The lowest BCUT2D eigenvalue weighted by Crippen LogP contribution is -2.38. The van der Waals surface area contributed by atoms with E-state index in [-0.39, 0.29) is 5.92 Å². The number of nitrogens with one attached hydrogen (secondary N) is 1. The van der Waals surface area contributed by atoms with Crippen LogP contribution < -0.4 is 5.32 Å². The highest BCUT2D eigenvalue weighted by molar-refractivity contribution is 5.79. The summed E-state index contributed by atoms with van der Waals surface area (Å²) in [5.41, 5.74) is 0.398. The molecule has 1 rings (SSSR count). The predicted octanol–water partition coefficient (Wildman–Crippen LogP) is 1.88. The van der Waals surface area contributed by atoms with Crippen LogP contribution in [0.1, 0.15) is 40.0 Å². The van der Waals surface area contributed by atoms with E-state index in [1.54, 1.807) is 0 Å². The lowest BCUT2D eigenvalue weighted by molar-refractivity contribution is -0.134. The second kappa shape index (κ2) is 5.67. The molecule has 0 aromatic heterocycles. The Kier molecular flexibility index (Phi) is 4.78. The first kappa shape index (κ1) is 13.5. The number of amides is 1. The smallest absolute Gasteiger partial charge is 0.226 e. The molecule has 94 valence electrons. The average Bonchev–Trinajstić information content (AvgIpc) is 2.73. The maximum absolute atomic E-state index is 12.1. The Labute approximate surface area is 99.6 Å². The molecule has 0 spiro atoms. The monoisotopic (exact) mass is 226 g/mol. The number of carbonyl (C=O) groups excluding carboxylic acids is 1. The zero-order chi connectivity index (χ0) is 12.2. The van der Waals surface area contributed by atoms with Gasteiger partial charge in [0, 0.05) is 25.6 Å². The standard InChI is InChI=1S/C13H26N2O/c1-5-13(6-2)7-8-15(10-13)12(16)11(3)9-14-4/h11,14H,5-10H2,1-4H3. The normalized spacial score (nSPS) is 21.1. The molecule has 1 unspecified atom stereocenters. The van der Waals surface area contributed by atoms with E-state index < -0.39 is 0 Å². The highest BCUT2D eigenvalue weighted by Crippen LogP contribution is 2.37. The van der Waals surface area contributed by atoms with Gasteiger partial charge in [0.15, 0.2) is 0 Å². The van der Waals surface area contributed by atoms with E-state index in [1.807, 2.05) is 14.0 Å². The van der Waals surface area contributed by atoms with Gasteiger partial charge in [-0.1, -0.05) is 20.8 Å². The highest BCUT2D eigenvalue weighted by Gasteiger charge is 2.37. The predicted molar refractivity (Wildman–Crippen MR) is 67.3 cm³/mol. The van der Waals surface area contributed by atoms with Crippen LogP contribution in [0.25, 0.3) is 0 Å². The number of hydrogen-bond donors (Lipinski definition) is 1. The Bertz CT molecular complexity index is 236. The van der Waals surface area contributed by atoms with Crippen molar-refractivity contribution in [3.05, 3.63) is 0 Å². The molecular formula is C13H26N2O. The quantitative estimate of drug-likeness (QED) is 0.776. The van der Waals surface area contributed by atoms with Gasteiger partial charge >= 0.3 is 0 Å². The third kappa shape index (κ3) is 2.76. The molecule has 1 atom stereocenters. The van der Waals surface area contributed by atoms with Crippen LogP contribution in [0.5, 0.6) is 0 Å². The molecule has 16 heavy (non-hydrogen) atoms. The van der Waals surface area contributed by atoms with Crippen LogP contribution >= 0.6 is 0 Å². The third-order valence-electron chi connectivity index (χ3n) is 4.18.